The molecule has 0 radical (unpaired) electrons. The molecule has 0 heterocycles. The first-order chi connectivity index (χ1) is 7.54. The number of hydrogen-bond acceptors (Lipinski definition) is 4. The molecular formula is C9H15BrO3PS2-. The quantitative estimate of drug-likeness (QED) is 0.244. The Morgan fingerprint density at radius 2 is 1.81 bits per heavy atom. The Bertz CT molecular complexity index is 421. The molecule has 0 saturated heterocycles. The van der Waals surface area contributed by atoms with Crippen molar-refractivity contribution >= 4 is 44.6 Å². The molecule has 0 unspecified atom stereocenters. The Morgan fingerprint density at radius 3 is 2.19 bits per heavy atom. The summed E-state index contributed by atoms with van der Waals surface area (Å²) in [4.78, 5) is 0. The van der Waals surface area contributed by atoms with Crippen LogP contribution in [0.3, 0.4) is 0 Å². The maximum absolute atomic E-state index is 12.5. The molecule has 2 aliphatic carbocycles. The third-order valence-corrected chi connectivity index (χ3v) is 9.24. The van der Waals surface area contributed by atoms with E-state index >= 15 is 0 Å². The van der Waals surface area contributed by atoms with Gasteiger partial charge in [-0.3, -0.25) is 0 Å². The van der Waals surface area contributed by atoms with Gasteiger partial charge in [0.05, 0.1) is 0 Å². The van der Waals surface area contributed by atoms with Gasteiger partial charge in [-0.2, -0.15) is 0 Å². The van der Waals surface area contributed by atoms with Crippen molar-refractivity contribution in [3.05, 3.63) is 0 Å². The molecule has 2 aliphatic rings. The van der Waals surface area contributed by atoms with Crippen molar-refractivity contribution in [1.82, 2.24) is 0 Å². The van der Waals surface area contributed by atoms with Crippen molar-refractivity contribution in [2.24, 2.45) is 0 Å². The molecule has 0 spiro atoms. The van der Waals surface area contributed by atoms with E-state index in [9.17, 15) is 8.42 Å². The zero-order chi connectivity index (χ0) is 11.9. The van der Waals surface area contributed by atoms with E-state index in [1.54, 1.807) is 0 Å². The molecule has 3 nitrogen and oxygen atoms in total. The molecule has 0 aromatic carbocycles. The van der Waals surface area contributed by atoms with Crippen LogP contribution in [0.4, 0.5) is 0 Å². The molecule has 2 fully saturated rings. The molecular weight excluding hydrogens is 331 g/mol. The summed E-state index contributed by atoms with van der Waals surface area (Å²) in [6.07, 6.45) is 3.85. The summed E-state index contributed by atoms with van der Waals surface area (Å²) in [6.45, 7) is 0.489. The average molecular weight is 346 g/mol. The van der Waals surface area contributed by atoms with Gasteiger partial charge in [0.15, 0.2) is 0 Å². The van der Waals surface area contributed by atoms with E-state index in [-0.39, 0.29) is 0 Å². The molecule has 0 bridgehead atoms. The summed E-state index contributed by atoms with van der Waals surface area (Å²) >= 11 is 3.92. The third kappa shape index (κ3) is 2.09. The number of sulfone groups is 1. The topological polar surface area (TPSA) is 43.4 Å². The van der Waals surface area contributed by atoms with E-state index in [2.05, 4.69) is 23.7 Å². The molecule has 2 saturated carbocycles. The summed E-state index contributed by atoms with van der Waals surface area (Å²) in [5, 5.41) is 0.579. The van der Waals surface area contributed by atoms with Crippen LogP contribution in [-0.2, 0) is 25.0 Å². The van der Waals surface area contributed by atoms with Gasteiger partial charge in [0.1, 0.15) is 0 Å². The van der Waals surface area contributed by atoms with Gasteiger partial charge in [-0.25, -0.2) is 0 Å². The van der Waals surface area contributed by atoms with Gasteiger partial charge < -0.3 is 0 Å². The van der Waals surface area contributed by atoms with Crippen LogP contribution in [0.2, 0.25) is 0 Å². The molecule has 0 aliphatic heterocycles. The van der Waals surface area contributed by atoms with Crippen molar-refractivity contribution in [1.29, 1.82) is 0 Å². The van der Waals surface area contributed by atoms with Crippen molar-refractivity contribution in [2.75, 3.05) is 11.9 Å². The van der Waals surface area contributed by atoms with Crippen LogP contribution >= 0.6 is 23.7 Å². The summed E-state index contributed by atoms with van der Waals surface area (Å²) in [7, 11) is 0.923. The molecule has 0 aromatic heterocycles. The van der Waals surface area contributed by atoms with Gasteiger partial charge in [0.25, 0.3) is 0 Å². The average Bonchev–Trinajstić information content (AvgIpc) is 3.14. The second-order valence-corrected chi connectivity index (χ2v) is 8.88. The normalized spacial score (nSPS) is 25.2. The van der Waals surface area contributed by atoms with Crippen LogP contribution in [0.5, 0.6) is 0 Å². The van der Waals surface area contributed by atoms with Crippen molar-refractivity contribution < 1.29 is 12.6 Å². The first-order valence-corrected chi connectivity index (χ1v) is 9.87. The molecule has 0 N–H and O–H groups in total. The molecule has 94 valence electrons. The SMILES string of the molecule is O=S(=O)(C1(CBr)CC1)C1(CCO[SH-]#P)CC1. The van der Waals surface area contributed by atoms with E-state index in [4.69, 9.17) is 4.18 Å². The van der Waals surface area contributed by atoms with Crippen molar-refractivity contribution in [3.63, 3.8) is 0 Å². The first-order valence-electron chi connectivity index (χ1n) is 5.30. The zero-order valence-corrected chi connectivity index (χ0v) is 13.0. The number of hydrogen-bond donors (Lipinski definition) is 0. The van der Waals surface area contributed by atoms with Gasteiger partial charge in [0, 0.05) is 0 Å². The Labute approximate surface area is 110 Å². The predicted octanol–water partition coefficient (Wildman–Crippen LogP) is 2.32. The molecule has 2 rings (SSSR count). The maximum atomic E-state index is 12.5. The van der Waals surface area contributed by atoms with E-state index in [1.165, 1.54) is 0 Å². The third-order valence-electron chi connectivity index (χ3n) is 3.71. The van der Waals surface area contributed by atoms with Gasteiger partial charge in [0.2, 0.25) is 0 Å². The fourth-order valence-corrected chi connectivity index (χ4v) is 6.71. The standard InChI is InChI=1S/C9H15BrO3PS2/c10-7-9(3-4-9)16(11,12)8(1-2-8)5-6-13-15-14/h15H,1-7H2/q-1. The Balaban J connectivity index is 2.09. The monoisotopic (exact) mass is 345 g/mol. The van der Waals surface area contributed by atoms with Crippen LogP contribution in [0, 0.1) is 0 Å². The summed E-state index contributed by atoms with van der Waals surface area (Å²) in [5.74, 6) is 0. The van der Waals surface area contributed by atoms with Gasteiger partial charge in [-0.15, -0.1) is 0 Å². The van der Waals surface area contributed by atoms with E-state index in [1.807, 2.05) is 0 Å². The van der Waals surface area contributed by atoms with Crippen molar-refractivity contribution in [3.8, 4) is 0 Å². The second-order valence-electron chi connectivity index (χ2n) is 4.67. The predicted molar refractivity (Wildman–Crippen MR) is 72.9 cm³/mol. The summed E-state index contributed by atoms with van der Waals surface area (Å²) < 4.78 is 29.2. The van der Waals surface area contributed by atoms with E-state index in [0.29, 0.717) is 29.4 Å². The van der Waals surface area contributed by atoms with Crippen LogP contribution in [0.25, 0.3) is 0 Å². The molecule has 16 heavy (non-hydrogen) atoms. The van der Waals surface area contributed by atoms with Gasteiger partial charge >= 0.3 is 111 Å². The fraction of sp³-hybridized carbons (Fsp3) is 1.00. The molecule has 7 heteroatoms. The number of thiol groups is 1. The molecule has 0 aromatic rings. The van der Waals surface area contributed by atoms with Crippen molar-refractivity contribution in [2.45, 2.75) is 41.6 Å². The number of alkyl halides is 1. The number of halogens is 1. The van der Waals surface area contributed by atoms with Crippen LogP contribution in [0.15, 0.2) is 0 Å². The van der Waals surface area contributed by atoms with E-state index < -0.39 is 19.3 Å². The number of rotatable bonds is 6. The molecule has 0 amide bonds. The summed E-state index contributed by atoms with van der Waals surface area (Å²) in [5.41, 5.74) is 0. The van der Waals surface area contributed by atoms with Crippen LogP contribution < -0.4 is 0 Å². The Hall–Kier alpha value is 1.17. The summed E-state index contributed by atoms with van der Waals surface area (Å²) in [6, 6.07) is 0. The second kappa shape index (κ2) is 4.69. The van der Waals surface area contributed by atoms with Gasteiger partial charge in [-0.1, -0.05) is 0 Å². The first kappa shape index (κ1) is 13.6. The minimum atomic E-state index is -3.00. The van der Waals surface area contributed by atoms with Crippen LogP contribution in [-0.4, -0.2) is 29.8 Å². The Morgan fingerprint density at radius 1 is 1.25 bits per heavy atom. The zero-order valence-electron chi connectivity index (χ0n) is 8.86. The fourth-order valence-electron chi connectivity index (χ4n) is 2.14. The van der Waals surface area contributed by atoms with Crippen LogP contribution in [0.1, 0.15) is 32.1 Å². The van der Waals surface area contributed by atoms with Gasteiger partial charge in [-0.05, 0) is 0 Å². The minimum absolute atomic E-state index is 0.456. The molecule has 0 atom stereocenters. The van der Waals surface area contributed by atoms with E-state index in [0.717, 1.165) is 25.7 Å². The Kier molecular flexibility index (Phi) is 3.99.